The van der Waals surface area contributed by atoms with Crippen molar-refractivity contribution in [2.75, 3.05) is 13.7 Å². The second-order valence-electron chi connectivity index (χ2n) is 4.66. The Hall–Kier alpha value is -2.57. The average Bonchev–Trinajstić information content (AvgIpc) is 2.94. The fourth-order valence-corrected chi connectivity index (χ4v) is 1.65. The highest BCUT2D eigenvalue weighted by atomic mass is 16.5. The lowest BCUT2D eigenvalue weighted by atomic mass is 10.2. The van der Waals surface area contributed by atoms with E-state index in [-0.39, 0.29) is 5.92 Å². The second-order valence-corrected chi connectivity index (χ2v) is 4.66. The van der Waals surface area contributed by atoms with Gasteiger partial charge in [-0.05, 0) is 18.2 Å². The predicted octanol–water partition coefficient (Wildman–Crippen LogP) is 2.33. The molecule has 0 aliphatic rings. The van der Waals surface area contributed by atoms with Gasteiger partial charge in [0.05, 0.1) is 7.11 Å². The third-order valence-electron chi connectivity index (χ3n) is 2.71. The van der Waals surface area contributed by atoms with E-state index in [1.54, 1.807) is 18.2 Å². The van der Waals surface area contributed by atoms with E-state index < -0.39 is 12.6 Å². The molecule has 7 nitrogen and oxygen atoms in total. The summed E-state index contributed by atoms with van der Waals surface area (Å²) in [5, 5.41) is 12.5. The van der Waals surface area contributed by atoms with E-state index >= 15 is 0 Å². The molecule has 112 valence electrons. The molecular weight excluding hydrogens is 276 g/mol. The standard InChI is InChI=1S/C14H16N2O5/c1-8(2)14-15-13(16-21-14)9-4-5-10(11(6-9)19-3)20-7-12(17)18/h4-6,8H,7H2,1-3H3,(H,17,18). The summed E-state index contributed by atoms with van der Waals surface area (Å²) in [6.45, 7) is 3.48. The van der Waals surface area contributed by atoms with Crippen molar-refractivity contribution in [1.29, 1.82) is 0 Å². The van der Waals surface area contributed by atoms with Crippen LogP contribution in [0.5, 0.6) is 11.5 Å². The zero-order valence-corrected chi connectivity index (χ0v) is 12.0. The van der Waals surface area contributed by atoms with Gasteiger partial charge in [-0.25, -0.2) is 4.79 Å². The van der Waals surface area contributed by atoms with Gasteiger partial charge < -0.3 is 19.1 Å². The summed E-state index contributed by atoms with van der Waals surface area (Å²) in [5.41, 5.74) is 0.699. The Morgan fingerprint density at radius 1 is 1.38 bits per heavy atom. The number of carboxylic acid groups (broad SMARTS) is 1. The van der Waals surface area contributed by atoms with E-state index in [1.165, 1.54) is 7.11 Å². The van der Waals surface area contributed by atoms with Crippen LogP contribution in [0.1, 0.15) is 25.7 Å². The van der Waals surface area contributed by atoms with E-state index in [4.69, 9.17) is 19.1 Å². The third-order valence-corrected chi connectivity index (χ3v) is 2.71. The van der Waals surface area contributed by atoms with Gasteiger partial charge in [0, 0.05) is 11.5 Å². The highest BCUT2D eigenvalue weighted by molar-refractivity contribution is 5.69. The van der Waals surface area contributed by atoms with Gasteiger partial charge in [0.25, 0.3) is 0 Å². The van der Waals surface area contributed by atoms with Gasteiger partial charge in [-0.2, -0.15) is 4.98 Å². The number of carbonyl (C=O) groups is 1. The number of benzene rings is 1. The molecule has 0 aliphatic carbocycles. The van der Waals surface area contributed by atoms with Crippen molar-refractivity contribution in [3.05, 3.63) is 24.1 Å². The Morgan fingerprint density at radius 3 is 2.71 bits per heavy atom. The number of methoxy groups -OCH3 is 1. The van der Waals surface area contributed by atoms with Crippen molar-refractivity contribution >= 4 is 5.97 Å². The van der Waals surface area contributed by atoms with E-state index in [9.17, 15) is 4.79 Å². The van der Waals surface area contributed by atoms with Gasteiger partial charge in [-0.3, -0.25) is 0 Å². The molecule has 1 N–H and O–H groups in total. The molecule has 0 bridgehead atoms. The van der Waals surface area contributed by atoms with Crippen LogP contribution in [0.25, 0.3) is 11.4 Å². The Kier molecular flexibility index (Phi) is 4.42. The van der Waals surface area contributed by atoms with E-state index in [1.807, 2.05) is 13.8 Å². The largest absolute Gasteiger partial charge is 0.493 e. The maximum atomic E-state index is 10.5. The molecule has 1 heterocycles. The molecule has 0 aliphatic heterocycles. The normalized spacial score (nSPS) is 10.7. The molecule has 0 fully saturated rings. The van der Waals surface area contributed by atoms with Gasteiger partial charge in [0.1, 0.15) is 0 Å². The van der Waals surface area contributed by atoms with Gasteiger partial charge in [-0.1, -0.05) is 19.0 Å². The van der Waals surface area contributed by atoms with Gasteiger partial charge >= 0.3 is 5.97 Å². The van der Waals surface area contributed by atoms with E-state index in [0.29, 0.717) is 28.8 Å². The molecule has 0 saturated heterocycles. The Bertz CT molecular complexity index is 636. The van der Waals surface area contributed by atoms with Crippen LogP contribution in [0.4, 0.5) is 0 Å². The number of aromatic nitrogens is 2. The number of carboxylic acids is 1. The van der Waals surface area contributed by atoms with Crippen LogP contribution >= 0.6 is 0 Å². The Morgan fingerprint density at radius 2 is 2.14 bits per heavy atom. The van der Waals surface area contributed by atoms with Crippen LogP contribution in [0.3, 0.4) is 0 Å². The molecule has 21 heavy (non-hydrogen) atoms. The molecule has 0 saturated carbocycles. The number of aliphatic carboxylic acids is 1. The maximum absolute atomic E-state index is 10.5. The molecule has 7 heteroatoms. The first-order chi connectivity index (χ1) is 10.0. The van der Waals surface area contributed by atoms with Crippen molar-refractivity contribution in [3.8, 4) is 22.9 Å². The first-order valence-corrected chi connectivity index (χ1v) is 6.38. The fourth-order valence-electron chi connectivity index (χ4n) is 1.65. The number of hydrogen-bond acceptors (Lipinski definition) is 6. The molecule has 2 rings (SSSR count). The topological polar surface area (TPSA) is 94.7 Å². The van der Waals surface area contributed by atoms with Crippen molar-refractivity contribution < 1.29 is 23.9 Å². The summed E-state index contributed by atoms with van der Waals surface area (Å²) in [7, 11) is 1.47. The van der Waals surface area contributed by atoms with Crippen LogP contribution in [-0.2, 0) is 4.79 Å². The summed E-state index contributed by atoms with van der Waals surface area (Å²) in [4.78, 5) is 14.8. The first kappa shape index (κ1) is 14.8. The molecule has 0 amide bonds. The van der Waals surface area contributed by atoms with E-state index in [0.717, 1.165) is 0 Å². The van der Waals surface area contributed by atoms with Crippen molar-refractivity contribution in [3.63, 3.8) is 0 Å². The lowest BCUT2D eigenvalue weighted by molar-refractivity contribution is -0.139. The Labute approximate surface area is 121 Å². The molecular formula is C14H16N2O5. The second kappa shape index (κ2) is 6.25. The number of ether oxygens (including phenoxy) is 2. The van der Waals surface area contributed by atoms with Crippen LogP contribution in [0, 0.1) is 0 Å². The maximum Gasteiger partial charge on any atom is 0.341 e. The summed E-state index contributed by atoms with van der Waals surface area (Å²) in [6, 6.07) is 5.00. The average molecular weight is 292 g/mol. The van der Waals surface area contributed by atoms with Gasteiger partial charge in [0.15, 0.2) is 18.1 Å². The molecule has 1 aromatic carbocycles. The summed E-state index contributed by atoms with van der Waals surface area (Å²) in [6.07, 6.45) is 0. The lowest BCUT2D eigenvalue weighted by Gasteiger charge is -2.09. The van der Waals surface area contributed by atoms with Gasteiger partial charge in [0.2, 0.25) is 11.7 Å². The highest BCUT2D eigenvalue weighted by Crippen LogP contribution is 2.31. The fraction of sp³-hybridized carbons (Fsp3) is 0.357. The van der Waals surface area contributed by atoms with Crippen LogP contribution < -0.4 is 9.47 Å². The molecule has 0 atom stereocenters. The van der Waals surface area contributed by atoms with Gasteiger partial charge in [-0.15, -0.1) is 0 Å². The van der Waals surface area contributed by atoms with Crippen LogP contribution in [0.2, 0.25) is 0 Å². The number of nitrogens with zero attached hydrogens (tertiary/aromatic N) is 2. The molecule has 0 radical (unpaired) electrons. The lowest BCUT2D eigenvalue weighted by Crippen LogP contribution is -2.10. The number of rotatable bonds is 6. The monoisotopic (exact) mass is 292 g/mol. The van der Waals surface area contributed by atoms with Crippen molar-refractivity contribution in [1.82, 2.24) is 10.1 Å². The minimum Gasteiger partial charge on any atom is -0.493 e. The summed E-state index contributed by atoms with van der Waals surface area (Å²) >= 11 is 0. The van der Waals surface area contributed by atoms with E-state index in [2.05, 4.69) is 10.1 Å². The minimum atomic E-state index is -1.05. The van der Waals surface area contributed by atoms with Crippen molar-refractivity contribution in [2.24, 2.45) is 0 Å². The molecule has 1 aromatic heterocycles. The number of hydrogen-bond donors (Lipinski definition) is 1. The SMILES string of the molecule is COc1cc(-c2noc(C(C)C)n2)ccc1OCC(=O)O. The zero-order valence-electron chi connectivity index (χ0n) is 12.0. The summed E-state index contributed by atoms with van der Waals surface area (Å²) < 4.78 is 15.5. The first-order valence-electron chi connectivity index (χ1n) is 6.38. The molecule has 0 unspecified atom stereocenters. The zero-order chi connectivity index (χ0) is 15.4. The third kappa shape index (κ3) is 3.50. The molecule has 2 aromatic rings. The predicted molar refractivity (Wildman–Crippen MR) is 73.5 cm³/mol. The quantitative estimate of drug-likeness (QED) is 0.873. The van der Waals surface area contributed by atoms with Crippen LogP contribution in [0.15, 0.2) is 22.7 Å². The van der Waals surface area contributed by atoms with Crippen LogP contribution in [-0.4, -0.2) is 34.9 Å². The van der Waals surface area contributed by atoms with Crippen molar-refractivity contribution in [2.45, 2.75) is 19.8 Å². The highest BCUT2D eigenvalue weighted by Gasteiger charge is 2.14. The summed E-state index contributed by atoms with van der Waals surface area (Å²) in [5.74, 6) is 0.838. The molecule has 0 spiro atoms. The Balaban J connectivity index is 2.27. The smallest absolute Gasteiger partial charge is 0.341 e. The minimum absolute atomic E-state index is 0.145.